The van der Waals surface area contributed by atoms with Crippen LogP contribution < -0.4 is 0 Å². The summed E-state index contributed by atoms with van der Waals surface area (Å²) in [5.74, 6) is 1.14. The molecule has 0 atom stereocenters. The molecule has 19 heavy (non-hydrogen) atoms. The molecule has 0 fully saturated rings. The molecule has 1 aromatic carbocycles. The van der Waals surface area contributed by atoms with E-state index in [1.165, 1.54) is 0 Å². The molecule has 0 saturated carbocycles. The Morgan fingerprint density at radius 2 is 1.95 bits per heavy atom. The lowest BCUT2D eigenvalue weighted by Crippen LogP contribution is -2.14. The number of halogens is 1. The standard InChI is InChI=1S/C13H15IN2O2S/c1-2-19(17,18)10-9-16-8-7-15-13(16)11-3-5-12(14)6-4-11/h3-8H,2,9-10H2,1H3. The summed E-state index contributed by atoms with van der Waals surface area (Å²) in [6.45, 7) is 2.11. The van der Waals surface area contributed by atoms with E-state index in [4.69, 9.17) is 0 Å². The number of aryl methyl sites for hydroxylation is 1. The van der Waals surface area contributed by atoms with Crippen molar-refractivity contribution in [3.05, 3.63) is 40.2 Å². The second kappa shape index (κ2) is 6.04. The van der Waals surface area contributed by atoms with E-state index >= 15 is 0 Å². The van der Waals surface area contributed by atoms with Gasteiger partial charge in [0.2, 0.25) is 0 Å². The highest BCUT2D eigenvalue weighted by molar-refractivity contribution is 14.1. The molecule has 0 saturated heterocycles. The van der Waals surface area contributed by atoms with Crippen molar-refractivity contribution < 1.29 is 8.42 Å². The Morgan fingerprint density at radius 1 is 1.26 bits per heavy atom. The zero-order valence-electron chi connectivity index (χ0n) is 10.6. The molecule has 1 heterocycles. The summed E-state index contributed by atoms with van der Waals surface area (Å²) in [5, 5.41) is 0. The lowest BCUT2D eigenvalue weighted by Gasteiger charge is -2.08. The number of aromatic nitrogens is 2. The third kappa shape index (κ3) is 3.79. The second-order valence-electron chi connectivity index (χ2n) is 4.19. The molecule has 0 unspecified atom stereocenters. The topological polar surface area (TPSA) is 52.0 Å². The molecule has 6 heteroatoms. The predicted molar refractivity (Wildman–Crippen MR) is 84.7 cm³/mol. The van der Waals surface area contributed by atoms with Gasteiger partial charge in [-0.3, -0.25) is 0 Å². The van der Waals surface area contributed by atoms with Gasteiger partial charge in [0, 0.05) is 33.8 Å². The summed E-state index contributed by atoms with van der Waals surface area (Å²) in [7, 11) is -2.95. The van der Waals surface area contributed by atoms with Gasteiger partial charge in [0.25, 0.3) is 0 Å². The van der Waals surface area contributed by atoms with Crippen molar-refractivity contribution >= 4 is 32.4 Å². The first-order chi connectivity index (χ1) is 9.02. The van der Waals surface area contributed by atoms with Gasteiger partial charge >= 0.3 is 0 Å². The molecular weight excluding hydrogens is 375 g/mol. The zero-order chi connectivity index (χ0) is 13.9. The lowest BCUT2D eigenvalue weighted by atomic mass is 10.2. The van der Waals surface area contributed by atoms with Crippen molar-refractivity contribution in [3.8, 4) is 11.4 Å². The number of sulfone groups is 1. The Labute approximate surface area is 126 Å². The van der Waals surface area contributed by atoms with Crippen LogP contribution in [0.25, 0.3) is 11.4 Å². The van der Waals surface area contributed by atoms with Gasteiger partial charge in [-0.25, -0.2) is 13.4 Å². The van der Waals surface area contributed by atoms with Crippen LogP contribution in [0.1, 0.15) is 6.92 Å². The molecule has 102 valence electrons. The quantitative estimate of drug-likeness (QED) is 0.738. The molecule has 0 aliphatic rings. The first-order valence-electron chi connectivity index (χ1n) is 5.99. The fraction of sp³-hybridized carbons (Fsp3) is 0.308. The van der Waals surface area contributed by atoms with Crippen LogP contribution in [-0.4, -0.2) is 29.5 Å². The molecule has 0 spiro atoms. The van der Waals surface area contributed by atoms with E-state index in [1.54, 1.807) is 13.1 Å². The Balaban J connectivity index is 2.21. The van der Waals surface area contributed by atoms with E-state index in [-0.39, 0.29) is 11.5 Å². The van der Waals surface area contributed by atoms with Crippen molar-refractivity contribution in [2.75, 3.05) is 11.5 Å². The minimum Gasteiger partial charge on any atom is -0.330 e. The van der Waals surface area contributed by atoms with Crippen LogP contribution in [0, 0.1) is 3.57 Å². The second-order valence-corrected chi connectivity index (χ2v) is 7.91. The molecule has 0 N–H and O–H groups in total. The molecule has 0 bridgehead atoms. The maximum atomic E-state index is 11.6. The fourth-order valence-electron chi connectivity index (χ4n) is 1.73. The molecule has 1 aromatic heterocycles. The van der Waals surface area contributed by atoms with Gasteiger partial charge in [-0.2, -0.15) is 0 Å². The molecule has 2 rings (SSSR count). The summed E-state index contributed by atoms with van der Waals surface area (Å²) in [6, 6.07) is 8.01. The summed E-state index contributed by atoms with van der Waals surface area (Å²) in [4.78, 5) is 4.31. The highest BCUT2D eigenvalue weighted by Crippen LogP contribution is 2.18. The fourth-order valence-corrected chi connectivity index (χ4v) is 2.85. The van der Waals surface area contributed by atoms with Crippen molar-refractivity contribution in [3.63, 3.8) is 0 Å². The van der Waals surface area contributed by atoms with Crippen LogP contribution in [-0.2, 0) is 16.4 Å². The van der Waals surface area contributed by atoms with Crippen LogP contribution in [0.15, 0.2) is 36.7 Å². The van der Waals surface area contributed by atoms with Gasteiger partial charge in [0.05, 0.1) is 5.75 Å². The number of hydrogen-bond acceptors (Lipinski definition) is 3. The van der Waals surface area contributed by atoms with Gasteiger partial charge < -0.3 is 4.57 Å². The van der Waals surface area contributed by atoms with Crippen LogP contribution in [0.3, 0.4) is 0 Å². The molecule has 0 amide bonds. The third-order valence-electron chi connectivity index (χ3n) is 2.90. The smallest absolute Gasteiger partial charge is 0.151 e. The van der Waals surface area contributed by atoms with Gasteiger partial charge in [0.1, 0.15) is 5.82 Å². The number of benzene rings is 1. The molecule has 0 aliphatic heterocycles. The molecule has 2 aromatic rings. The highest BCUT2D eigenvalue weighted by Gasteiger charge is 2.10. The minimum atomic E-state index is -2.95. The molecule has 0 aliphatic carbocycles. The number of imidazole rings is 1. The number of nitrogens with zero attached hydrogens (tertiary/aromatic N) is 2. The maximum absolute atomic E-state index is 11.6. The van der Waals surface area contributed by atoms with Crippen molar-refractivity contribution in [1.29, 1.82) is 0 Å². The first-order valence-corrected chi connectivity index (χ1v) is 8.89. The van der Waals surface area contributed by atoms with E-state index in [0.717, 1.165) is 15.0 Å². The molecular formula is C13H15IN2O2S. The van der Waals surface area contributed by atoms with Crippen molar-refractivity contribution in [2.24, 2.45) is 0 Å². The van der Waals surface area contributed by atoms with E-state index in [9.17, 15) is 8.42 Å². The number of rotatable bonds is 5. The minimum absolute atomic E-state index is 0.150. The van der Waals surface area contributed by atoms with Gasteiger partial charge in [-0.05, 0) is 34.7 Å². The van der Waals surface area contributed by atoms with E-state index in [1.807, 2.05) is 35.0 Å². The summed E-state index contributed by atoms with van der Waals surface area (Å²) >= 11 is 2.25. The van der Waals surface area contributed by atoms with E-state index in [2.05, 4.69) is 27.6 Å². The van der Waals surface area contributed by atoms with Gasteiger partial charge in [-0.15, -0.1) is 0 Å². The zero-order valence-corrected chi connectivity index (χ0v) is 13.6. The summed E-state index contributed by atoms with van der Waals surface area (Å²) < 4.78 is 26.1. The van der Waals surface area contributed by atoms with Crippen LogP contribution >= 0.6 is 22.6 Å². The Morgan fingerprint density at radius 3 is 2.58 bits per heavy atom. The molecule has 0 radical (unpaired) electrons. The normalized spacial score (nSPS) is 11.7. The van der Waals surface area contributed by atoms with Gasteiger partial charge in [-0.1, -0.05) is 19.1 Å². The summed E-state index contributed by atoms with van der Waals surface area (Å²) in [6.07, 6.45) is 3.52. The third-order valence-corrected chi connectivity index (χ3v) is 5.30. The predicted octanol–water partition coefficient (Wildman–Crippen LogP) is 2.59. The lowest BCUT2D eigenvalue weighted by molar-refractivity contribution is 0.590. The molecule has 4 nitrogen and oxygen atoms in total. The van der Waals surface area contributed by atoms with Gasteiger partial charge in [0.15, 0.2) is 9.84 Å². The van der Waals surface area contributed by atoms with E-state index in [0.29, 0.717) is 6.54 Å². The SMILES string of the molecule is CCS(=O)(=O)CCn1ccnc1-c1ccc(I)cc1. The van der Waals surface area contributed by atoms with Crippen LogP contribution in [0.5, 0.6) is 0 Å². The average Bonchev–Trinajstić information content (AvgIpc) is 2.86. The number of hydrogen-bond donors (Lipinski definition) is 0. The van der Waals surface area contributed by atoms with Crippen molar-refractivity contribution in [1.82, 2.24) is 9.55 Å². The first kappa shape index (κ1) is 14.5. The maximum Gasteiger partial charge on any atom is 0.151 e. The monoisotopic (exact) mass is 390 g/mol. The van der Waals surface area contributed by atoms with Crippen LogP contribution in [0.2, 0.25) is 0 Å². The summed E-state index contributed by atoms with van der Waals surface area (Å²) in [5.41, 5.74) is 0.999. The average molecular weight is 390 g/mol. The van der Waals surface area contributed by atoms with Crippen LogP contribution in [0.4, 0.5) is 0 Å². The highest BCUT2D eigenvalue weighted by atomic mass is 127. The van der Waals surface area contributed by atoms with E-state index < -0.39 is 9.84 Å². The van der Waals surface area contributed by atoms with Crippen molar-refractivity contribution in [2.45, 2.75) is 13.5 Å². The Bertz CT molecular complexity index is 648. The Kier molecular flexibility index (Phi) is 4.62. The largest absolute Gasteiger partial charge is 0.330 e. The Hall–Kier alpha value is -0.890.